The Kier molecular flexibility index (Phi) is 6.79. The maximum atomic E-state index is 12.1. The van der Waals surface area contributed by atoms with E-state index < -0.39 is 23.6 Å². The van der Waals surface area contributed by atoms with Gasteiger partial charge < -0.3 is 15.4 Å². The summed E-state index contributed by atoms with van der Waals surface area (Å²) in [4.78, 5) is 22.4. The van der Waals surface area contributed by atoms with Crippen LogP contribution in [0.15, 0.2) is 22.5 Å². The average molecular weight is 423 g/mol. The maximum absolute atomic E-state index is 12.1. The fourth-order valence-electron chi connectivity index (χ4n) is 1.72. The molecule has 1 aromatic heterocycles. The van der Waals surface area contributed by atoms with Gasteiger partial charge in [0.25, 0.3) is 5.69 Å². The van der Waals surface area contributed by atoms with Gasteiger partial charge in [-0.1, -0.05) is 23.1 Å². The Morgan fingerprint density at radius 1 is 1.41 bits per heavy atom. The molecule has 0 aliphatic rings. The van der Waals surface area contributed by atoms with Gasteiger partial charge >= 0.3 is 6.18 Å². The molecule has 146 valence electrons. The number of ether oxygens (including phenoxy) is 1. The van der Waals surface area contributed by atoms with Crippen molar-refractivity contribution >= 4 is 45.5 Å². The zero-order chi connectivity index (χ0) is 20.0. The van der Waals surface area contributed by atoms with Crippen LogP contribution < -0.4 is 15.4 Å². The zero-order valence-corrected chi connectivity index (χ0v) is 15.2. The second kappa shape index (κ2) is 8.85. The highest BCUT2D eigenvalue weighted by molar-refractivity contribution is 8.01. The summed E-state index contributed by atoms with van der Waals surface area (Å²) in [6, 6.07) is 3.97. The molecule has 0 fully saturated rings. The number of aromatic nitrogens is 2. The molecular weight excluding hydrogens is 411 g/mol. The third-order valence-corrected chi connectivity index (χ3v) is 4.86. The summed E-state index contributed by atoms with van der Waals surface area (Å²) in [5, 5.41) is 22.7. The lowest BCUT2D eigenvalue weighted by Crippen LogP contribution is -2.21. The molecule has 1 amide bonds. The van der Waals surface area contributed by atoms with Gasteiger partial charge in [0.05, 0.1) is 23.9 Å². The van der Waals surface area contributed by atoms with Crippen molar-refractivity contribution < 1.29 is 27.6 Å². The van der Waals surface area contributed by atoms with E-state index >= 15 is 0 Å². The third-order valence-electron chi connectivity index (χ3n) is 2.85. The summed E-state index contributed by atoms with van der Waals surface area (Å²) >= 11 is 1.80. The van der Waals surface area contributed by atoms with E-state index in [2.05, 4.69) is 20.8 Å². The van der Waals surface area contributed by atoms with E-state index in [-0.39, 0.29) is 32.3 Å². The molecule has 0 aliphatic heterocycles. The van der Waals surface area contributed by atoms with Crippen LogP contribution in [0.5, 0.6) is 5.75 Å². The van der Waals surface area contributed by atoms with Crippen LogP contribution in [-0.2, 0) is 4.79 Å². The number of nitrogens with zero attached hydrogens (tertiary/aromatic N) is 3. The summed E-state index contributed by atoms with van der Waals surface area (Å²) < 4.78 is 41.6. The Morgan fingerprint density at radius 3 is 2.78 bits per heavy atom. The molecule has 14 heteroatoms. The van der Waals surface area contributed by atoms with E-state index in [9.17, 15) is 28.1 Å². The number of nitro groups is 1. The first-order chi connectivity index (χ1) is 12.7. The van der Waals surface area contributed by atoms with E-state index in [0.717, 1.165) is 23.1 Å². The van der Waals surface area contributed by atoms with Gasteiger partial charge in [0, 0.05) is 0 Å². The highest BCUT2D eigenvalue weighted by Crippen LogP contribution is 2.30. The molecule has 0 aliphatic carbocycles. The number of thioether (sulfide) groups is 1. The zero-order valence-electron chi connectivity index (χ0n) is 13.6. The third kappa shape index (κ3) is 6.56. The number of rotatable bonds is 8. The van der Waals surface area contributed by atoms with Gasteiger partial charge in [-0.05, 0) is 12.1 Å². The monoisotopic (exact) mass is 423 g/mol. The molecule has 0 unspecified atom stereocenters. The number of benzene rings is 1. The lowest BCUT2D eigenvalue weighted by atomic mass is 10.2. The topological polar surface area (TPSA) is 119 Å². The van der Waals surface area contributed by atoms with Gasteiger partial charge in [0.15, 0.2) is 4.34 Å². The molecule has 27 heavy (non-hydrogen) atoms. The first-order valence-corrected chi connectivity index (χ1v) is 8.87. The van der Waals surface area contributed by atoms with E-state index in [0.29, 0.717) is 0 Å². The lowest BCUT2D eigenvalue weighted by molar-refractivity contribution is -0.384. The Morgan fingerprint density at radius 2 is 2.15 bits per heavy atom. The van der Waals surface area contributed by atoms with Crippen molar-refractivity contribution in [3.8, 4) is 5.75 Å². The molecule has 0 saturated heterocycles. The number of amides is 1. The largest absolute Gasteiger partial charge is 0.496 e. The first-order valence-electron chi connectivity index (χ1n) is 7.07. The number of carbonyl (C=O) groups excluding carboxylic acids is 1. The summed E-state index contributed by atoms with van der Waals surface area (Å²) in [5.74, 6) is -0.438. The van der Waals surface area contributed by atoms with Crippen LogP contribution in [0.4, 0.5) is 29.7 Å². The highest BCUT2D eigenvalue weighted by Gasteiger charge is 2.27. The summed E-state index contributed by atoms with van der Waals surface area (Å²) in [6.07, 6.45) is -4.38. The summed E-state index contributed by atoms with van der Waals surface area (Å²) in [5.41, 5.74) is -0.335. The Labute approximate surface area is 158 Å². The molecule has 0 bridgehead atoms. The van der Waals surface area contributed by atoms with Crippen LogP contribution in [-0.4, -0.2) is 46.6 Å². The molecule has 9 nitrogen and oxygen atoms in total. The number of hydrogen-bond donors (Lipinski definition) is 2. The van der Waals surface area contributed by atoms with Gasteiger partial charge in [-0.3, -0.25) is 14.9 Å². The SMILES string of the molecule is COc1ccc(NC(=O)CSc2nnc(NCC(F)(F)F)s2)c([N+](=O)[O-])c1. The predicted octanol–water partition coefficient (Wildman–Crippen LogP) is 3.16. The minimum atomic E-state index is -4.38. The number of alkyl halides is 3. The molecule has 0 radical (unpaired) electrons. The molecule has 2 rings (SSSR count). The van der Waals surface area contributed by atoms with Crippen molar-refractivity contribution in [2.75, 3.05) is 30.0 Å². The van der Waals surface area contributed by atoms with Gasteiger partial charge in [0.1, 0.15) is 18.0 Å². The normalized spacial score (nSPS) is 11.1. The van der Waals surface area contributed by atoms with Crippen molar-refractivity contribution in [1.82, 2.24) is 10.2 Å². The molecule has 2 aromatic rings. The standard InChI is InChI=1S/C13H12F3N5O4S2/c1-25-7-2-3-8(9(4-7)21(23)24)18-10(22)5-26-12-20-19-11(27-12)17-6-13(14,15)16/h2-4H,5-6H2,1H3,(H,17,19)(H,18,22). The molecule has 2 N–H and O–H groups in total. The molecule has 1 aromatic carbocycles. The number of nitro benzene ring substituents is 1. The second-order valence-corrected chi connectivity index (χ2v) is 7.02. The van der Waals surface area contributed by atoms with Crippen LogP contribution in [0.2, 0.25) is 0 Å². The van der Waals surface area contributed by atoms with Crippen molar-refractivity contribution in [1.29, 1.82) is 0 Å². The smallest absolute Gasteiger partial charge is 0.405 e. The average Bonchev–Trinajstić information content (AvgIpc) is 3.06. The number of methoxy groups -OCH3 is 1. The van der Waals surface area contributed by atoms with Gasteiger partial charge in [0.2, 0.25) is 11.0 Å². The van der Waals surface area contributed by atoms with Crippen molar-refractivity contribution in [2.45, 2.75) is 10.5 Å². The van der Waals surface area contributed by atoms with Crippen LogP contribution in [0.25, 0.3) is 0 Å². The van der Waals surface area contributed by atoms with E-state index in [1.165, 1.54) is 25.3 Å². The minimum absolute atomic E-state index is 0.00352. The molecule has 0 saturated carbocycles. The van der Waals surface area contributed by atoms with Crippen molar-refractivity contribution in [2.24, 2.45) is 0 Å². The number of hydrogen-bond acceptors (Lipinski definition) is 9. The van der Waals surface area contributed by atoms with Crippen molar-refractivity contribution in [3.05, 3.63) is 28.3 Å². The summed E-state index contributed by atoms with van der Waals surface area (Å²) in [7, 11) is 1.36. The lowest BCUT2D eigenvalue weighted by Gasteiger charge is -2.07. The Bertz CT molecular complexity index is 831. The van der Waals surface area contributed by atoms with Crippen LogP contribution in [0.3, 0.4) is 0 Å². The first kappa shape index (κ1) is 20.7. The van der Waals surface area contributed by atoms with E-state index in [1.54, 1.807) is 0 Å². The molecule has 0 atom stereocenters. The van der Waals surface area contributed by atoms with Crippen molar-refractivity contribution in [3.63, 3.8) is 0 Å². The number of anilines is 2. The fourth-order valence-corrected chi connectivity index (χ4v) is 3.27. The predicted molar refractivity (Wildman–Crippen MR) is 93.5 cm³/mol. The van der Waals surface area contributed by atoms with Crippen LogP contribution in [0.1, 0.15) is 0 Å². The fraction of sp³-hybridized carbons (Fsp3) is 0.308. The number of carbonyl (C=O) groups is 1. The molecule has 1 heterocycles. The quantitative estimate of drug-likeness (QED) is 0.378. The maximum Gasteiger partial charge on any atom is 0.405 e. The number of nitrogens with one attached hydrogen (secondary N) is 2. The van der Waals surface area contributed by atoms with Gasteiger partial charge in [-0.15, -0.1) is 10.2 Å². The van der Waals surface area contributed by atoms with Gasteiger partial charge in [-0.25, -0.2) is 0 Å². The number of halogens is 3. The molecular formula is C13H12F3N5O4S2. The van der Waals surface area contributed by atoms with E-state index in [1.807, 2.05) is 0 Å². The summed E-state index contributed by atoms with van der Waals surface area (Å²) in [6.45, 7) is -1.24. The van der Waals surface area contributed by atoms with Gasteiger partial charge in [-0.2, -0.15) is 13.2 Å². The highest BCUT2D eigenvalue weighted by atomic mass is 32.2. The van der Waals surface area contributed by atoms with E-state index in [4.69, 9.17) is 4.74 Å². The van der Waals surface area contributed by atoms with Crippen LogP contribution in [0, 0.1) is 10.1 Å². The minimum Gasteiger partial charge on any atom is -0.496 e. The Hall–Kier alpha value is -2.61. The molecule has 0 spiro atoms. The van der Waals surface area contributed by atoms with Crippen LogP contribution >= 0.6 is 23.1 Å². The Balaban J connectivity index is 1.92. The second-order valence-electron chi connectivity index (χ2n) is 4.82.